The Balaban J connectivity index is 1.14. The Morgan fingerprint density at radius 1 is 0.979 bits per heavy atom. The van der Waals surface area contributed by atoms with Gasteiger partial charge in [-0.05, 0) is 61.3 Å². The van der Waals surface area contributed by atoms with Gasteiger partial charge in [0.15, 0.2) is 5.82 Å². The average molecular weight is 646 g/mol. The minimum atomic E-state index is 0.0535. The fourth-order valence-corrected chi connectivity index (χ4v) is 7.77. The summed E-state index contributed by atoms with van der Waals surface area (Å²) in [7, 11) is 3.71. The molecule has 3 fully saturated rings. The summed E-state index contributed by atoms with van der Waals surface area (Å²) in [4.78, 5) is 44.3. The number of carbonyl (C=O) groups is 2. The quantitative estimate of drug-likeness (QED) is 0.200. The van der Waals surface area contributed by atoms with Gasteiger partial charge >= 0.3 is 0 Å². The summed E-state index contributed by atoms with van der Waals surface area (Å²) in [5.74, 6) is 3.12. The Kier molecular flexibility index (Phi) is 7.89. The number of benzene rings is 2. The van der Waals surface area contributed by atoms with Gasteiger partial charge in [0.2, 0.25) is 5.91 Å². The number of rotatable bonds is 9. The Morgan fingerprint density at radius 2 is 1.83 bits per heavy atom. The van der Waals surface area contributed by atoms with Crippen LogP contribution in [0, 0.1) is 11.8 Å². The second-order valence-electron chi connectivity index (χ2n) is 13.9. The summed E-state index contributed by atoms with van der Waals surface area (Å²) in [6, 6.07) is 12.6. The van der Waals surface area contributed by atoms with Crippen molar-refractivity contribution in [2.24, 2.45) is 18.9 Å². The van der Waals surface area contributed by atoms with Crippen molar-refractivity contribution < 1.29 is 14.3 Å². The first-order valence-electron chi connectivity index (χ1n) is 17.4. The Morgan fingerprint density at radius 3 is 2.58 bits per heavy atom. The van der Waals surface area contributed by atoms with Gasteiger partial charge in [-0.1, -0.05) is 31.5 Å². The van der Waals surface area contributed by atoms with E-state index in [1.165, 1.54) is 35.7 Å². The van der Waals surface area contributed by atoms with Crippen molar-refractivity contribution in [1.29, 1.82) is 0 Å². The number of hydrogen-bond acceptors (Lipinski definition) is 6. The van der Waals surface area contributed by atoms with Gasteiger partial charge in [0.05, 0.1) is 36.0 Å². The first-order valence-corrected chi connectivity index (χ1v) is 17.4. The topological polar surface area (TPSA) is 98.4 Å². The van der Waals surface area contributed by atoms with Gasteiger partial charge in [-0.15, -0.1) is 0 Å². The summed E-state index contributed by atoms with van der Waals surface area (Å²) in [6.45, 7) is 6.12. The zero-order valence-corrected chi connectivity index (χ0v) is 28.1. The number of imidazole rings is 1. The molecule has 1 aliphatic carbocycles. The number of aromatic nitrogens is 5. The number of amides is 2. The number of nitrogens with zero attached hydrogens (tertiary/aromatic N) is 7. The van der Waals surface area contributed by atoms with Gasteiger partial charge in [-0.3, -0.25) is 19.6 Å². The van der Waals surface area contributed by atoms with Crippen molar-refractivity contribution in [3.05, 3.63) is 71.8 Å². The molecule has 0 bridgehead atoms. The number of methoxy groups -OCH3 is 1. The lowest BCUT2D eigenvalue weighted by atomic mass is 9.89. The normalized spacial score (nSPS) is 18.4. The number of hydrogen-bond donors (Lipinski definition) is 0. The molecule has 8 rings (SSSR count). The van der Waals surface area contributed by atoms with Crippen LogP contribution >= 0.6 is 0 Å². The minimum absolute atomic E-state index is 0.0535. The highest BCUT2D eigenvalue weighted by atomic mass is 16.5. The lowest BCUT2D eigenvalue weighted by Gasteiger charge is -2.40. The number of piperidine rings is 1. The zero-order chi connectivity index (χ0) is 32.9. The van der Waals surface area contributed by atoms with Crippen LogP contribution in [0.4, 0.5) is 0 Å². The molecule has 0 radical (unpaired) electrons. The molecule has 0 N–H and O–H groups in total. The molecule has 1 saturated carbocycles. The van der Waals surface area contributed by atoms with E-state index in [1.54, 1.807) is 25.7 Å². The van der Waals surface area contributed by atoms with Crippen LogP contribution < -0.4 is 4.74 Å². The Bertz CT molecular complexity index is 2010. The highest BCUT2D eigenvalue weighted by molar-refractivity contribution is 6.00. The molecular weight excluding hydrogens is 602 g/mol. The second-order valence-corrected chi connectivity index (χ2v) is 13.9. The molecule has 5 aromatic rings. The molecule has 3 aliphatic rings. The average Bonchev–Trinajstić information content (AvgIpc) is 3.75. The van der Waals surface area contributed by atoms with E-state index in [2.05, 4.69) is 50.3 Å². The molecule has 10 nitrogen and oxygen atoms in total. The van der Waals surface area contributed by atoms with Gasteiger partial charge < -0.3 is 23.7 Å². The first kappa shape index (κ1) is 30.6. The molecule has 10 heteroatoms. The van der Waals surface area contributed by atoms with Gasteiger partial charge in [-0.2, -0.15) is 0 Å². The van der Waals surface area contributed by atoms with Crippen LogP contribution in [0.25, 0.3) is 33.5 Å². The molecule has 0 unspecified atom stereocenters. The summed E-state index contributed by atoms with van der Waals surface area (Å²) >= 11 is 0. The van der Waals surface area contributed by atoms with Crippen molar-refractivity contribution in [3.63, 3.8) is 0 Å². The third kappa shape index (κ3) is 5.50. The van der Waals surface area contributed by atoms with Crippen LogP contribution in [0.2, 0.25) is 0 Å². The molecule has 2 aliphatic heterocycles. The van der Waals surface area contributed by atoms with E-state index >= 15 is 0 Å². The Hall–Kier alpha value is -4.73. The predicted molar refractivity (Wildman–Crippen MR) is 185 cm³/mol. The van der Waals surface area contributed by atoms with Crippen LogP contribution in [-0.4, -0.2) is 79.0 Å². The first-order chi connectivity index (χ1) is 23.4. The maximum absolute atomic E-state index is 13.7. The van der Waals surface area contributed by atoms with Gasteiger partial charge in [0, 0.05) is 75.2 Å². The maximum Gasteiger partial charge on any atom is 0.254 e. The summed E-state index contributed by atoms with van der Waals surface area (Å²) < 4.78 is 10.5. The fraction of sp³-hybridized carbons (Fsp3) is 0.447. The fourth-order valence-electron chi connectivity index (χ4n) is 7.77. The molecule has 2 saturated heterocycles. The van der Waals surface area contributed by atoms with Crippen molar-refractivity contribution in [3.8, 4) is 17.3 Å². The molecule has 5 heterocycles. The zero-order valence-electron chi connectivity index (χ0n) is 28.1. The van der Waals surface area contributed by atoms with E-state index in [0.717, 1.165) is 55.0 Å². The summed E-state index contributed by atoms with van der Waals surface area (Å²) in [5, 5.41) is 1.18. The van der Waals surface area contributed by atoms with Crippen LogP contribution in [-0.2, 0) is 24.8 Å². The number of para-hydroxylation sites is 1. The number of aryl methyl sites for hydroxylation is 1. The highest BCUT2D eigenvalue weighted by Gasteiger charge is 2.35. The van der Waals surface area contributed by atoms with Gasteiger partial charge in [0.25, 0.3) is 5.91 Å². The number of fused-ring (bicyclic) bond motifs is 2. The third-order valence-electron chi connectivity index (χ3n) is 10.7. The lowest BCUT2D eigenvalue weighted by molar-refractivity contribution is -0.134. The van der Waals surface area contributed by atoms with Gasteiger partial charge in [-0.25, -0.2) is 4.98 Å². The molecule has 3 aromatic heterocycles. The van der Waals surface area contributed by atoms with Crippen molar-refractivity contribution in [1.82, 2.24) is 33.9 Å². The lowest BCUT2D eigenvalue weighted by Crippen LogP contribution is -2.49. The smallest absolute Gasteiger partial charge is 0.254 e. The molecule has 2 aromatic carbocycles. The van der Waals surface area contributed by atoms with E-state index in [4.69, 9.17) is 9.72 Å². The maximum atomic E-state index is 13.7. The monoisotopic (exact) mass is 645 g/mol. The van der Waals surface area contributed by atoms with E-state index in [-0.39, 0.29) is 24.2 Å². The SMILES string of the molecule is CC[C@@H]1CCCN(C(=O)c2cc(OC)c3c(c2)nc(-c2cc4cccc(C5CN(C(=O)Cc6cnccn6)C5)c4n2CC2CC2)n3C)C1. The number of carbonyl (C=O) groups excluding carboxylic acids is 2. The van der Waals surface area contributed by atoms with E-state index in [1.807, 2.05) is 29.0 Å². The predicted octanol–water partition coefficient (Wildman–Crippen LogP) is 5.83. The molecule has 1 atom stereocenters. The highest BCUT2D eigenvalue weighted by Crippen LogP contribution is 2.41. The van der Waals surface area contributed by atoms with E-state index in [0.29, 0.717) is 41.9 Å². The molecular formula is C38H43N7O3. The molecule has 2 amide bonds. The van der Waals surface area contributed by atoms with Gasteiger partial charge in [0.1, 0.15) is 11.3 Å². The molecule has 48 heavy (non-hydrogen) atoms. The van der Waals surface area contributed by atoms with Crippen molar-refractivity contribution in [2.45, 2.75) is 57.9 Å². The largest absolute Gasteiger partial charge is 0.494 e. The standard InChI is InChI=1S/C38H43N7O3/c1-4-24-7-6-14-43(20-24)38(47)27-15-31-36(33(17-27)48-3)42(2)37(41-31)32-16-26-8-5-9-30(35(26)45(32)21-25-10-11-25)28-22-44(23-28)34(46)18-29-19-39-12-13-40-29/h5,8-9,12-13,15-17,19,24-25,28H,4,6-7,10-11,14,18,20-23H2,1-3H3/t24-/m1/s1. The van der Waals surface area contributed by atoms with Crippen molar-refractivity contribution in [2.75, 3.05) is 33.3 Å². The van der Waals surface area contributed by atoms with E-state index < -0.39 is 0 Å². The molecule has 248 valence electrons. The van der Waals surface area contributed by atoms with Crippen LogP contribution in [0.15, 0.2) is 55.0 Å². The second kappa shape index (κ2) is 12.4. The minimum Gasteiger partial charge on any atom is -0.494 e. The van der Waals surface area contributed by atoms with Crippen LogP contribution in [0.3, 0.4) is 0 Å². The Labute approximate surface area is 280 Å². The number of ether oxygens (including phenoxy) is 1. The third-order valence-corrected chi connectivity index (χ3v) is 10.7. The van der Waals surface area contributed by atoms with Crippen LogP contribution in [0.1, 0.15) is 66.6 Å². The van der Waals surface area contributed by atoms with Crippen molar-refractivity contribution >= 4 is 33.8 Å². The van der Waals surface area contributed by atoms with Crippen LogP contribution in [0.5, 0.6) is 5.75 Å². The molecule has 0 spiro atoms. The summed E-state index contributed by atoms with van der Waals surface area (Å²) in [6.07, 6.45) is 11.0. The number of likely N-dealkylation sites (tertiary alicyclic amines) is 2. The summed E-state index contributed by atoms with van der Waals surface area (Å²) in [5.41, 5.74) is 6.55. The van der Waals surface area contributed by atoms with E-state index in [9.17, 15) is 9.59 Å².